The van der Waals surface area contributed by atoms with Gasteiger partial charge in [-0.15, -0.1) is 0 Å². The molecule has 0 saturated heterocycles. The fourth-order valence-electron chi connectivity index (χ4n) is 2.40. The van der Waals surface area contributed by atoms with E-state index in [1.54, 1.807) is 12.1 Å². The van der Waals surface area contributed by atoms with Gasteiger partial charge in [0.25, 0.3) is 0 Å². The SMILES string of the molecule is CC(C)(Cc1ccccc1Cl)NC(=O)Cc1ccc(N)cc1. The molecule has 4 heteroatoms. The number of benzene rings is 2. The van der Waals surface area contributed by atoms with Crippen molar-refractivity contribution in [2.75, 3.05) is 5.73 Å². The Balaban J connectivity index is 1.97. The summed E-state index contributed by atoms with van der Waals surface area (Å²) >= 11 is 6.19. The summed E-state index contributed by atoms with van der Waals surface area (Å²) in [5.74, 6) is -0.0122. The smallest absolute Gasteiger partial charge is 0.224 e. The number of hydrogen-bond acceptors (Lipinski definition) is 2. The maximum atomic E-state index is 12.2. The van der Waals surface area contributed by atoms with Gasteiger partial charge in [0.2, 0.25) is 5.91 Å². The highest BCUT2D eigenvalue weighted by atomic mass is 35.5. The van der Waals surface area contributed by atoms with Crippen LogP contribution in [0.2, 0.25) is 5.02 Å². The van der Waals surface area contributed by atoms with Gasteiger partial charge in [-0.1, -0.05) is 41.9 Å². The van der Waals surface area contributed by atoms with E-state index in [1.165, 1.54) is 0 Å². The third kappa shape index (κ3) is 4.78. The van der Waals surface area contributed by atoms with Gasteiger partial charge in [-0.05, 0) is 49.6 Å². The van der Waals surface area contributed by atoms with Crippen LogP contribution in [0, 0.1) is 0 Å². The molecule has 3 N–H and O–H groups in total. The molecule has 0 unspecified atom stereocenters. The van der Waals surface area contributed by atoms with Crippen LogP contribution < -0.4 is 11.1 Å². The van der Waals surface area contributed by atoms with Gasteiger partial charge in [-0.25, -0.2) is 0 Å². The molecule has 2 aromatic rings. The van der Waals surface area contributed by atoms with Crippen LogP contribution in [0.15, 0.2) is 48.5 Å². The lowest BCUT2D eigenvalue weighted by atomic mass is 9.94. The van der Waals surface area contributed by atoms with Gasteiger partial charge in [-0.3, -0.25) is 4.79 Å². The van der Waals surface area contributed by atoms with E-state index in [4.69, 9.17) is 17.3 Å². The van der Waals surface area contributed by atoms with E-state index in [0.717, 1.165) is 16.1 Å². The molecule has 0 aliphatic heterocycles. The van der Waals surface area contributed by atoms with Crippen molar-refractivity contribution in [1.29, 1.82) is 0 Å². The molecule has 0 spiro atoms. The number of nitrogen functional groups attached to an aromatic ring is 1. The summed E-state index contributed by atoms with van der Waals surface area (Å²) in [5.41, 5.74) is 7.95. The highest BCUT2D eigenvalue weighted by molar-refractivity contribution is 6.31. The number of halogens is 1. The lowest BCUT2D eigenvalue weighted by molar-refractivity contribution is -0.122. The zero-order valence-corrected chi connectivity index (χ0v) is 13.7. The summed E-state index contributed by atoms with van der Waals surface area (Å²) in [5, 5.41) is 3.79. The zero-order chi connectivity index (χ0) is 16.2. The van der Waals surface area contributed by atoms with Gasteiger partial charge in [0.1, 0.15) is 0 Å². The predicted octanol–water partition coefficient (Wildman–Crippen LogP) is 3.60. The average Bonchev–Trinajstić information content (AvgIpc) is 2.43. The van der Waals surface area contributed by atoms with Crippen LogP contribution >= 0.6 is 11.6 Å². The van der Waals surface area contributed by atoms with Crippen molar-refractivity contribution in [2.45, 2.75) is 32.2 Å². The van der Waals surface area contributed by atoms with Crippen molar-refractivity contribution in [2.24, 2.45) is 0 Å². The van der Waals surface area contributed by atoms with Crippen molar-refractivity contribution < 1.29 is 4.79 Å². The lowest BCUT2D eigenvalue weighted by Gasteiger charge is -2.27. The predicted molar refractivity (Wildman–Crippen MR) is 91.9 cm³/mol. The second-order valence-electron chi connectivity index (χ2n) is 6.12. The van der Waals surface area contributed by atoms with Gasteiger partial charge >= 0.3 is 0 Å². The molecule has 0 fully saturated rings. The summed E-state index contributed by atoms with van der Waals surface area (Å²) in [4.78, 5) is 12.2. The van der Waals surface area contributed by atoms with E-state index < -0.39 is 0 Å². The minimum atomic E-state index is -0.365. The van der Waals surface area contributed by atoms with E-state index in [9.17, 15) is 4.79 Å². The molecule has 0 heterocycles. The zero-order valence-electron chi connectivity index (χ0n) is 12.9. The Kier molecular flexibility index (Phi) is 5.09. The molecule has 1 amide bonds. The Morgan fingerprint density at radius 1 is 1.14 bits per heavy atom. The Labute approximate surface area is 136 Å². The molecular weight excluding hydrogens is 296 g/mol. The number of carbonyl (C=O) groups excluding carboxylic acids is 1. The van der Waals surface area contributed by atoms with E-state index in [2.05, 4.69) is 5.32 Å². The van der Waals surface area contributed by atoms with Crippen LogP contribution in [0.5, 0.6) is 0 Å². The number of nitrogens with one attached hydrogen (secondary N) is 1. The maximum absolute atomic E-state index is 12.2. The van der Waals surface area contributed by atoms with Crippen LogP contribution in [0.3, 0.4) is 0 Å². The van der Waals surface area contributed by atoms with E-state index in [0.29, 0.717) is 18.5 Å². The van der Waals surface area contributed by atoms with Crippen molar-refractivity contribution >= 4 is 23.2 Å². The first-order chi connectivity index (χ1) is 10.4. The molecule has 0 aliphatic rings. The number of anilines is 1. The molecule has 22 heavy (non-hydrogen) atoms. The van der Waals surface area contributed by atoms with E-state index >= 15 is 0 Å². The number of nitrogens with two attached hydrogens (primary N) is 1. The Hall–Kier alpha value is -2.00. The number of rotatable bonds is 5. The van der Waals surface area contributed by atoms with Crippen molar-refractivity contribution in [3.8, 4) is 0 Å². The molecule has 0 radical (unpaired) electrons. The third-order valence-corrected chi connectivity index (χ3v) is 3.78. The average molecular weight is 317 g/mol. The molecule has 0 aliphatic carbocycles. The van der Waals surface area contributed by atoms with Crippen molar-refractivity contribution in [3.63, 3.8) is 0 Å². The summed E-state index contributed by atoms with van der Waals surface area (Å²) < 4.78 is 0. The van der Waals surface area contributed by atoms with Crippen LogP contribution in [0.25, 0.3) is 0 Å². The quantitative estimate of drug-likeness (QED) is 0.828. The maximum Gasteiger partial charge on any atom is 0.224 e. The summed E-state index contributed by atoms with van der Waals surface area (Å²) in [6.07, 6.45) is 1.02. The van der Waals surface area contributed by atoms with Gasteiger partial charge in [0, 0.05) is 16.2 Å². The summed E-state index contributed by atoms with van der Waals surface area (Å²) in [7, 11) is 0. The fourth-order valence-corrected chi connectivity index (χ4v) is 2.61. The lowest BCUT2D eigenvalue weighted by Crippen LogP contribution is -2.45. The molecule has 0 aromatic heterocycles. The highest BCUT2D eigenvalue weighted by Gasteiger charge is 2.22. The largest absolute Gasteiger partial charge is 0.399 e. The molecule has 116 valence electrons. The molecule has 0 atom stereocenters. The van der Waals surface area contributed by atoms with Crippen LogP contribution in [-0.4, -0.2) is 11.4 Å². The van der Waals surface area contributed by atoms with Crippen LogP contribution in [0.1, 0.15) is 25.0 Å². The van der Waals surface area contributed by atoms with Gasteiger partial charge in [0.15, 0.2) is 0 Å². The normalized spacial score (nSPS) is 11.2. The molecule has 2 aromatic carbocycles. The van der Waals surface area contributed by atoms with Gasteiger partial charge in [0.05, 0.1) is 6.42 Å². The Bertz CT molecular complexity index is 650. The molecular formula is C18H21ClN2O. The van der Waals surface area contributed by atoms with Gasteiger partial charge < -0.3 is 11.1 Å². The molecule has 0 bridgehead atoms. The number of amides is 1. The van der Waals surface area contributed by atoms with Crippen molar-refractivity contribution in [1.82, 2.24) is 5.32 Å². The van der Waals surface area contributed by atoms with E-state index in [1.807, 2.05) is 50.2 Å². The summed E-state index contributed by atoms with van der Waals surface area (Å²) in [6.45, 7) is 3.99. The molecule has 3 nitrogen and oxygen atoms in total. The third-order valence-electron chi connectivity index (χ3n) is 3.41. The standard InChI is InChI=1S/C18H21ClN2O/c1-18(2,12-14-5-3-4-6-16(14)19)21-17(22)11-13-7-9-15(20)10-8-13/h3-10H,11-12,20H2,1-2H3,(H,21,22). The van der Waals surface area contributed by atoms with Crippen molar-refractivity contribution in [3.05, 3.63) is 64.7 Å². The monoisotopic (exact) mass is 316 g/mol. The first kappa shape index (κ1) is 16.4. The van der Waals surface area contributed by atoms with Crippen LogP contribution in [0.4, 0.5) is 5.69 Å². The first-order valence-electron chi connectivity index (χ1n) is 7.24. The minimum absolute atomic E-state index is 0.0122. The van der Waals surface area contributed by atoms with Crippen LogP contribution in [-0.2, 0) is 17.6 Å². The Morgan fingerprint density at radius 2 is 1.77 bits per heavy atom. The molecule has 0 saturated carbocycles. The van der Waals surface area contributed by atoms with E-state index in [-0.39, 0.29) is 11.4 Å². The number of carbonyl (C=O) groups is 1. The Morgan fingerprint density at radius 3 is 2.41 bits per heavy atom. The highest BCUT2D eigenvalue weighted by Crippen LogP contribution is 2.21. The minimum Gasteiger partial charge on any atom is -0.399 e. The molecule has 2 rings (SSSR count). The second-order valence-corrected chi connectivity index (χ2v) is 6.53. The fraction of sp³-hybridized carbons (Fsp3) is 0.278. The second kappa shape index (κ2) is 6.84. The van der Waals surface area contributed by atoms with Gasteiger partial charge in [-0.2, -0.15) is 0 Å². The number of hydrogen-bond donors (Lipinski definition) is 2. The summed E-state index contributed by atoms with van der Waals surface area (Å²) in [6, 6.07) is 15.0. The topological polar surface area (TPSA) is 55.1 Å². The first-order valence-corrected chi connectivity index (χ1v) is 7.62.